The van der Waals surface area contributed by atoms with Crippen molar-refractivity contribution in [3.63, 3.8) is 0 Å². The zero-order valence-corrected chi connectivity index (χ0v) is 11.1. The van der Waals surface area contributed by atoms with Crippen LogP contribution in [-0.2, 0) is 9.53 Å². The molecule has 0 saturated carbocycles. The predicted octanol–water partition coefficient (Wildman–Crippen LogP) is 3.75. The Balaban J connectivity index is 2.39. The number of nitrogens with one attached hydrogen (secondary N) is 1. The van der Waals surface area contributed by atoms with Crippen molar-refractivity contribution in [2.24, 2.45) is 0 Å². The standard InChI is InChI=1S/C12H15Cl2NO2/c1-2-3-7-17-11(16)8-15-10-6-4-5-9(13)12(10)14/h4-6,15H,2-3,7-8H2,1H3. The van der Waals surface area contributed by atoms with Crippen molar-refractivity contribution in [3.8, 4) is 0 Å². The number of unbranched alkanes of at least 4 members (excludes halogenated alkanes) is 1. The third-order valence-electron chi connectivity index (χ3n) is 2.14. The van der Waals surface area contributed by atoms with Gasteiger partial charge in [-0.1, -0.05) is 42.6 Å². The largest absolute Gasteiger partial charge is 0.464 e. The summed E-state index contributed by atoms with van der Waals surface area (Å²) in [5.41, 5.74) is 0.631. The van der Waals surface area contributed by atoms with Gasteiger partial charge in [0.25, 0.3) is 0 Å². The van der Waals surface area contributed by atoms with Crippen molar-refractivity contribution in [2.75, 3.05) is 18.5 Å². The molecule has 0 aromatic heterocycles. The molecule has 0 amide bonds. The third-order valence-corrected chi connectivity index (χ3v) is 2.95. The molecule has 1 rings (SSSR count). The lowest BCUT2D eigenvalue weighted by Crippen LogP contribution is -2.17. The summed E-state index contributed by atoms with van der Waals surface area (Å²) < 4.78 is 5.00. The number of ether oxygens (including phenoxy) is 1. The Labute approximate surface area is 111 Å². The summed E-state index contributed by atoms with van der Waals surface area (Å²) in [5.74, 6) is -0.297. The molecule has 0 aliphatic carbocycles. The summed E-state index contributed by atoms with van der Waals surface area (Å²) in [6.07, 6.45) is 1.88. The molecule has 0 unspecified atom stereocenters. The molecule has 0 fully saturated rings. The molecule has 1 aromatic carbocycles. The number of anilines is 1. The Morgan fingerprint density at radius 3 is 2.88 bits per heavy atom. The van der Waals surface area contributed by atoms with Gasteiger partial charge in [-0.15, -0.1) is 0 Å². The van der Waals surface area contributed by atoms with Crippen molar-refractivity contribution in [1.29, 1.82) is 0 Å². The van der Waals surface area contributed by atoms with Crippen LogP contribution in [0.1, 0.15) is 19.8 Å². The predicted molar refractivity (Wildman–Crippen MR) is 70.8 cm³/mol. The number of rotatable bonds is 6. The summed E-state index contributed by atoms with van der Waals surface area (Å²) in [5, 5.41) is 3.76. The number of esters is 1. The van der Waals surface area contributed by atoms with Crippen molar-refractivity contribution in [2.45, 2.75) is 19.8 Å². The van der Waals surface area contributed by atoms with Crippen molar-refractivity contribution >= 4 is 34.9 Å². The van der Waals surface area contributed by atoms with Crippen LogP contribution in [-0.4, -0.2) is 19.1 Å². The van der Waals surface area contributed by atoms with Crippen molar-refractivity contribution in [1.82, 2.24) is 0 Å². The Kier molecular flexibility index (Phi) is 6.16. The highest BCUT2D eigenvalue weighted by atomic mass is 35.5. The van der Waals surface area contributed by atoms with Crippen LogP contribution in [0.3, 0.4) is 0 Å². The minimum absolute atomic E-state index is 0.0871. The normalized spacial score (nSPS) is 10.1. The highest BCUT2D eigenvalue weighted by Gasteiger charge is 2.06. The van der Waals surface area contributed by atoms with E-state index in [1.165, 1.54) is 0 Å². The van der Waals surface area contributed by atoms with Crippen molar-refractivity contribution in [3.05, 3.63) is 28.2 Å². The summed E-state index contributed by atoms with van der Waals surface area (Å²) in [4.78, 5) is 11.3. The van der Waals surface area contributed by atoms with Crippen LogP contribution in [0.25, 0.3) is 0 Å². The maximum Gasteiger partial charge on any atom is 0.325 e. The van der Waals surface area contributed by atoms with Crippen LogP contribution in [0.15, 0.2) is 18.2 Å². The van der Waals surface area contributed by atoms with Gasteiger partial charge in [-0.25, -0.2) is 0 Å². The molecule has 0 bridgehead atoms. The fourth-order valence-electron chi connectivity index (χ4n) is 1.19. The average molecular weight is 276 g/mol. The second-order valence-corrected chi connectivity index (χ2v) is 4.31. The Morgan fingerprint density at radius 1 is 1.41 bits per heavy atom. The molecule has 5 heteroatoms. The minimum atomic E-state index is -0.297. The van der Waals surface area contributed by atoms with E-state index in [9.17, 15) is 4.79 Å². The first-order valence-corrected chi connectivity index (χ1v) is 6.24. The van der Waals surface area contributed by atoms with Crippen LogP contribution in [0.2, 0.25) is 10.0 Å². The number of hydrogen-bond acceptors (Lipinski definition) is 3. The second-order valence-electron chi connectivity index (χ2n) is 3.53. The topological polar surface area (TPSA) is 38.3 Å². The molecule has 1 N–H and O–H groups in total. The third kappa shape index (κ3) is 4.84. The maximum absolute atomic E-state index is 11.3. The van der Waals surface area contributed by atoms with Gasteiger partial charge < -0.3 is 10.1 Å². The quantitative estimate of drug-likeness (QED) is 0.635. The number of hydrogen-bond donors (Lipinski definition) is 1. The first-order chi connectivity index (χ1) is 8.15. The van der Waals surface area contributed by atoms with E-state index < -0.39 is 0 Å². The minimum Gasteiger partial charge on any atom is -0.464 e. The van der Waals surface area contributed by atoms with Gasteiger partial charge in [0.05, 0.1) is 22.3 Å². The summed E-state index contributed by atoms with van der Waals surface area (Å²) in [7, 11) is 0. The fourth-order valence-corrected chi connectivity index (χ4v) is 1.56. The molecule has 3 nitrogen and oxygen atoms in total. The second kappa shape index (κ2) is 7.41. The molecule has 0 saturated heterocycles. The Bertz CT molecular complexity index is 383. The summed E-state index contributed by atoms with van der Waals surface area (Å²) in [6.45, 7) is 2.59. The van der Waals surface area contributed by atoms with Crippen LogP contribution in [0.4, 0.5) is 5.69 Å². The molecule has 0 atom stereocenters. The molecule has 1 aromatic rings. The first-order valence-electron chi connectivity index (χ1n) is 5.48. The van der Waals surface area contributed by atoms with Gasteiger partial charge in [0.15, 0.2) is 0 Å². The fraction of sp³-hybridized carbons (Fsp3) is 0.417. The highest BCUT2D eigenvalue weighted by Crippen LogP contribution is 2.29. The Morgan fingerprint density at radius 2 is 2.18 bits per heavy atom. The number of benzene rings is 1. The lowest BCUT2D eigenvalue weighted by molar-refractivity contribution is -0.141. The SMILES string of the molecule is CCCCOC(=O)CNc1cccc(Cl)c1Cl. The monoisotopic (exact) mass is 275 g/mol. The van der Waals surface area contributed by atoms with Gasteiger partial charge in [0, 0.05) is 0 Å². The van der Waals surface area contributed by atoms with Gasteiger partial charge in [0.1, 0.15) is 6.54 Å². The lowest BCUT2D eigenvalue weighted by Gasteiger charge is -2.09. The molecule has 0 aliphatic heterocycles. The molecule has 0 heterocycles. The van der Waals surface area contributed by atoms with Gasteiger partial charge in [-0.3, -0.25) is 4.79 Å². The van der Waals surface area contributed by atoms with E-state index in [0.29, 0.717) is 22.3 Å². The molecular weight excluding hydrogens is 261 g/mol. The molecule has 0 radical (unpaired) electrons. The van der Waals surface area contributed by atoms with Gasteiger partial charge in [0.2, 0.25) is 0 Å². The van der Waals surface area contributed by atoms with E-state index in [4.69, 9.17) is 27.9 Å². The van der Waals surface area contributed by atoms with Crippen LogP contribution in [0, 0.1) is 0 Å². The summed E-state index contributed by atoms with van der Waals surface area (Å²) in [6, 6.07) is 5.21. The van der Waals surface area contributed by atoms with E-state index in [-0.39, 0.29) is 12.5 Å². The van der Waals surface area contributed by atoms with E-state index in [1.54, 1.807) is 18.2 Å². The number of carbonyl (C=O) groups excluding carboxylic acids is 1. The molecular formula is C12H15Cl2NO2. The molecule has 0 aliphatic rings. The maximum atomic E-state index is 11.3. The van der Waals surface area contributed by atoms with E-state index in [1.807, 2.05) is 6.92 Å². The zero-order valence-electron chi connectivity index (χ0n) is 9.63. The molecule has 17 heavy (non-hydrogen) atoms. The smallest absolute Gasteiger partial charge is 0.325 e. The number of carbonyl (C=O) groups is 1. The summed E-state index contributed by atoms with van der Waals surface area (Å²) >= 11 is 11.8. The van der Waals surface area contributed by atoms with Crippen LogP contribution >= 0.6 is 23.2 Å². The highest BCUT2D eigenvalue weighted by molar-refractivity contribution is 6.43. The van der Waals surface area contributed by atoms with Crippen molar-refractivity contribution < 1.29 is 9.53 Å². The van der Waals surface area contributed by atoms with E-state index >= 15 is 0 Å². The lowest BCUT2D eigenvalue weighted by atomic mass is 10.3. The van der Waals surface area contributed by atoms with Gasteiger partial charge >= 0.3 is 5.97 Å². The molecule has 94 valence electrons. The van der Waals surface area contributed by atoms with Crippen LogP contribution in [0.5, 0.6) is 0 Å². The molecule has 0 spiro atoms. The average Bonchev–Trinajstić information content (AvgIpc) is 2.31. The van der Waals surface area contributed by atoms with E-state index in [2.05, 4.69) is 5.32 Å². The van der Waals surface area contributed by atoms with E-state index in [0.717, 1.165) is 12.8 Å². The number of halogens is 2. The van der Waals surface area contributed by atoms with Gasteiger partial charge in [-0.2, -0.15) is 0 Å². The Hall–Kier alpha value is -0.930. The first kappa shape index (κ1) is 14.1. The van der Waals surface area contributed by atoms with Crippen LogP contribution < -0.4 is 5.32 Å². The zero-order chi connectivity index (χ0) is 12.7. The van der Waals surface area contributed by atoms with Gasteiger partial charge in [-0.05, 0) is 18.6 Å².